The molecule has 0 spiro atoms. The number of rotatable bonds is 6. The Bertz CT molecular complexity index is 758. The summed E-state index contributed by atoms with van der Waals surface area (Å²) < 4.78 is 0. The number of aromatic amines is 4. The summed E-state index contributed by atoms with van der Waals surface area (Å²) in [6, 6.07) is 0. The van der Waals surface area contributed by atoms with E-state index in [2.05, 4.69) is 19.9 Å². The third-order valence-corrected chi connectivity index (χ3v) is 3.18. The van der Waals surface area contributed by atoms with Crippen molar-refractivity contribution in [2.75, 3.05) is 0 Å². The van der Waals surface area contributed by atoms with E-state index in [0.717, 1.165) is 19.3 Å². The van der Waals surface area contributed by atoms with Gasteiger partial charge in [-0.3, -0.25) is 19.6 Å². The lowest BCUT2D eigenvalue weighted by Crippen LogP contribution is -2.24. The topological polar surface area (TPSA) is 131 Å². The highest BCUT2D eigenvalue weighted by molar-refractivity contribution is 5.04. The minimum absolute atomic E-state index is 0.365. The molecule has 0 saturated heterocycles. The molecule has 0 aromatic carbocycles. The van der Waals surface area contributed by atoms with Gasteiger partial charge in [0.05, 0.1) is 0 Å². The number of aromatic nitrogens is 4. The summed E-state index contributed by atoms with van der Waals surface area (Å²) >= 11 is 0. The quantitative estimate of drug-likeness (QED) is 0.529. The van der Waals surface area contributed by atoms with Crippen molar-refractivity contribution in [2.24, 2.45) is 0 Å². The van der Waals surface area contributed by atoms with Crippen LogP contribution in [0.25, 0.3) is 0 Å². The number of aryl methyl sites for hydroxylation is 2. The molecule has 0 aliphatic carbocycles. The second-order valence-electron chi connectivity index (χ2n) is 4.75. The van der Waals surface area contributed by atoms with Gasteiger partial charge in [0.15, 0.2) is 0 Å². The molecule has 0 unspecified atom stereocenters. The van der Waals surface area contributed by atoms with E-state index in [1.165, 1.54) is 12.4 Å². The van der Waals surface area contributed by atoms with Gasteiger partial charge in [0, 0.05) is 23.5 Å². The van der Waals surface area contributed by atoms with Gasteiger partial charge < -0.3 is 9.97 Å². The average molecular weight is 292 g/mol. The lowest BCUT2D eigenvalue weighted by atomic mass is 10.1. The largest absolute Gasteiger partial charge is 0.325 e. The van der Waals surface area contributed by atoms with E-state index in [9.17, 15) is 19.2 Å². The fourth-order valence-electron chi connectivity index (χ4n) is 2.05. The maximum Gasteiger partial charge on any atom is 0.325 e. The molecule has 4 N–H and O–H groups in total. The molecule has 0 fully saturated rings. The van der Waals surface area contributed by atoms with Crippen molar-refractivity contribution in [1.82, 2.24) is 19.9 Å². The van der Waals surface area contributed by atoms with Crippen LogP contribution in [-0.2, 0) is 12.8 Å². The van der Waals surface area contributed by atoms with Crippen LogP contribution in [0.3, 0.4) is 0 Å². The summed E-state index contributed by atoms with van der Waals surface area (Å²) in [4.78, 5) is 53.8. The van der Waals surface area contributed by atoms with Crippen LogP contribution in [-0.4, -0.2) is 19.9 Å². The molecule has 21 heavy (non-hydrogen) atoms. The Kier molecular flexibility index (Phi) is 4.70. The van der Waals surface area contributed by atoms with Gasteiger partial charge in [0.2, 0.25) is 0 Å². The van der Waals surface area contributed by atoms with Gasteiger partial charge in [-0.05, 0) is 25.7 Å². The lowest BCUT2D eigenvalue weighted by molar-refractivity contribution is 0.668. The maximum absolute atomic E-state index is 11.4. The van der Waals surface area contributed by atoms with Gasteiger partial charge in [-0.2, -0.15) is 0 Å². The predicted molar refractivity (Wildman–Crippen MR) is 76.6 cm³/mol. The van der Waals surface area contributed by atoms with Crippen molar-refractivity contribution in [2.45, 2.75) is 32.1 Å². The minimum atomic E-state index is -0.513. The molecule has 0 atom stereocenters. The normalized spacial score (nSPS) is 10.7. The highest BCUT2D eigenvalue weighted by Gasteiger charge is 2.02. The molecule has 0 amide bonds. The highest BCUT2D eigenvalue weighted by atomic mass is 16.2. The van der Waals surface area contributed by atoms with E-state index in [-0.39, 0.29) is 11.1 Å². The smallest absolute Gasteiger partial charge is 0.314 e. The van der Waals surface area contributed by atoms with Gasteiger partial charge in [-0.15, -0.1) is 0 Å². The van der Waals surface area contributed by atoms with E-state index in [0.29, 0.717) is 24.0 Å². The number of hydrogen-bond acceptors (Lipinski definition) is 4. The van der Waals surface area contributed by atoms with Crippen LogP contribution in [0.2, 0.25) is 0 Å². The molecule has 2 aromatic heterocycles. The van der Waals surface area contributed by atoms with Crippen molar-refractivity contribution in [3.8, 4) is 0 Å². The summed E-state index contributed by atoms with van der Waals surface area (Å²) in [5, 5.41) is 0. The first kappa shape index (κ1) is 14.8. The van der Waals surface area contributed by atoms with Gasteiger partial charge in [0.1, 0.15) is 0 Å². The molecular formula is C13H16N4O4. The van der Waals surface area contributed by atoms with Crippen molar-refractivity contribution in [3.05, 3.63) is 65.2 Å². The van der Waals surface area contributed by atoms with E-state index in [4.69, 9.17) is 0 Å². The molecule has 8 nitrogen and oxygen atoms in total. The summed E-state index contributed by atoms with van der Waals surface area (Å²) in [7, 11) is 0. The molecule has 0 saturated carbocycles. The van der Waals surface area contributed by atoms with Crippen LogP contribution in [0.15, 0.2) is 31.6 Å². The monoisotopic (exact) mass is 292 g/mol. The van der Waals surface area contributed by atoms with Crippen LogP contribution >= 0.6 is 0 Å². The lowest BCUT2D eigenvalue weighted by Gasteiger charge is -2.01. The molecule has 112 valence electrons. The predicted octanol–water partition coefficient (Wildman–Crippen LogP) is -0.605. The fourth-order valence-corrected chi connectivity index (χ4v) is 2.05. The van der Waals surface area contributed by atoms with E-state index < -0.39 is 11.4 Å². The molecule has 2 aromatic rings. The highest BCUT2D eigenvalue weighted by Crippen LogP contribution is 2.04. The number of unbranched alkanes of at least 4 members (excludes halogenated alkanes) is 2. The summed E-state index contributed by atoms with van der Waals surface area (Å²) in [6.07, 6.45) is 6.35. The first-order valence-corrected chi connectivity index (χ1v) is 6.68. The van der Waals surface area contributed by atoms with Gasteiger partial charge in [-0.25, -0.2) is 9.59 Å². The van der Waals surface area contributed by atoms with E-state index >= 15 is 0 Å². The second-order valence-corrected chi connectivity index (χ2v) is 4.75. The zero-order chi connectivity index (χ0) is 15.2. The van der Waals surface area contributed by atoms with Crippen molar-refractivity contribution in [3.63, 3.8) is 0 Å². The zero-order valence-corrected chi connectivity index (χ0v) is 11.3. The van der Waals surface area contributed by atoms with Gasteiger partial charge in [0.25, 0.3) is 11.1 Å². The molecule has 0 bridgehead atoms. The number of nitrogens with one attached hydrogen (secondary N) is 4. The third kappa shape index (κ3) is 4.16. The summed E-state index contributed by atoms with van der Waals surface area (Å²) in [6.45, 7) is 0. The number of H-pyrrole nitrogens is 4. The zero-order valence-electron chi connectivity index (χ0n) is 11.3. The molecule has 0 aliphatic rings. The molecule has 2 rings (SSSR count). The first-order chi connectivity index (χ1) is 10.1. The van der Waals surface area contributed by atoms with Gasteiger partial charge >= 0.3 is 11.4 Å². The van der Waals surface area contributed by atoms with Gasteiger partial charge in [-0.1, -0.05) is 6.42 Å². The Morgan fingerprint density at radius 3 is 1.48 bits per heavy atom. The molecule has 8 heteroatoms. The van der Waals surface area contributed by atoms with Crippen molar-refractivity contribution < 1.29 is 0 Å². The second kappa shape index (κ2) is 6.69. The van der Waals surface area contributed by atoms with Crippen LogP contribution in [0.5, 0.6) is 0 Å². The maximum atomic E-state index is 11.4. The standard InChI is InChI=1S/C13H16N4O4/c18-10-8(6-14-12(20)16-10)4-2-1-3-5-9-7-15-13(21)17-11(9)19/h6-7H,1-5H2,(H2,14,16,18,20)(H2,15,17,19,21). The minimum Gasteiger partial charge on any atom is -0.314 e. The summed E-state index contributed by atoms with van der Waals surface area (Å²) in [5.74, 6) is 0. The number of hydrogen-bond donors (Lipinski definition) is 4. The Morgan fingerprint density at radius 1 is 0.667 bits per heavy atom. The molecular weight excluding hydrogens is 276 g/mol. The summed E-state index contributed by atoms with van der Waals surface area (Å²) in [5.41, 5.74) is -0.679. The van der Waals surface area contributed by atoms with Crippen LogP contribution in [0, 0.1) is 0 Å². The fraction of sp³-hybridized carbons (Fsp3) is 0.385. The average Bonchev–Trinajstić information content (AvgIpc) is 2.42. The van der Waals surface area contributed by atoms with E-state index in [1.807, 2.05) is 0 Å². The van der Waals surface area contributed by atoms with Crippen LogP contribution in [0.1, 0.15) is 30.4 Å². The Balaban J connectivity index is 1.80. The molecule has 2 heterocycles. The first-order valence-electron chi connectivity index (χ1n) is 6.68. The van der Waals surface area contributed by atoms with Crippen molar-refractivity contribution in [1.29, 1.82) is 0 Å². The Morgan fingerprint density at radius 2 is 1.10 bits per heavy atom. The van der Waals surface area contributed by atoms with E-state index in [1.54, 1.807) is 0 Å². The molecule has 0 radical (unpaired) electrons. The Labute approximate surface area is 118 Å². The molecule has 0 aliphatic heterocycles. The SMILES string of the molecule is O=c1[nH]cc(CCCCCc2c[nH]c(=O)[nH]c2=O)c(=O)[nH]1. The third-order valence-electron chi connectivity index (χ3n) is 3.18. The van der Waals surface area contributed by atoms with Crippen LogP contribution < -0.4 is 22.5 Å². The Hall–Kier alpha value is -2.64. The van der Waals surface area contributed by atoms with Crippen LogP contribution in [0.4, 0.5) is 0 Å². The van der Waals surface area contributed by atoms with Crippen molar-refractivity contribution >= 4 is 0 Å².